The molecule has 0 fully saturated rings. The van der Waals surface area contributed by atoms with Gasteiger partial charge in [-0.25, -0.2) is 17.6 Å². The number of hydrogen-bond donors (Lipinski definition) is 1. The van der Waals surface area contributed by atoms with Gasteiger partial charge in [0.2, 0.25) is 12.6 Å². The summed E-state index contributed by atoms with van der Waals surface area (Å²) in [6, 6.07) is 3.84. The molecule has 7 nitrogen and oxygen atoms in total. The van der Waals surface area contributed by atoms with Gasteiger partial charge in [-0.15, -0.1) is 0 Å². The smallest absolute Gasteiger partial charge is 0.235 e. The first-order valence-electron chi connectivity index (χ1n) is 7.35. The van der Waals surface area contributed by atoms with E-state index in [4.69, 9.17) is 5.11 Å². The fourth-order valence-electron chi connectivity index (χ4n) is 1.95. The SMILES string of the molecule is CC(c1cc(F)cc(F)c1)[N+](=O)[O-].O=[N+]([O-])CC(O)c1cc(F)cc(F)c1. The first kappa shape index (κ1) is 22.0. The maximum absolute atomic E-state index is 12.6. The van der Waals surface area contributed by atoms with E-state index in [1.165, 1.54) is 6.92 Å². The van der Waals surface area contributed by atoms with E-state index in [9.17, 15) is 37.8 Å². The van der Waals surface area contributed by atoms with Crippen LogP contribution in [0.5, 0.6) is 0 Å². The van der Waals surface area contributed by atoms with Crippen molar-refractivity contribution in [3.05, 3.63) is 91.0 Å². The fraction of sp³-hybridized carbons (Fsp3) is 0.250. The molecule has 0 amide bonds. The van der Waals surface area contributed by atoms with E-state index in [1.807, 2.05) is 0 Å². The van der Waals surface area contributed by atoms with Gasteiger partial charge in [-0.05, 0) is 29.8 Å². The maximum atomic E-state index is 12.6. The monoisotopic (exact) mass is 390 g/mol. The van der Waals surface area contributed by atoms with E-state index in [1.54, 1.807) is 0 Å². The van der Waals surface area contributed by atoms with E-state index in [2.05, 4.69) is 0 Å². The second-order valence-corrected chi connectivity index (χ2v) is 5.40. The highest BCUT2D eigenvalue weighted by atomic mass is 19.1. The molecule has 2 aromatic carbocycles. The lowest BCUT2D eigenvalue weighted by Gasteiger charge is -2.06. The number of hydrogen-bond acceptors (Lipinski definition) is 5. The molecule has 0 aliphatic rings. The van der Waals surface area contributed by atoms with E-state index in [-0.39, 0.29) is 11.1 Å². The molecule has 27 heavy (non-hydrogen) atoms. The number of nitrogens with zero attached hydrogens (tertiary/aromatic N) is 2. The van der Waals surface area contributed by atoms with Crippen molar-refractivity contribution >= 4 is 0 Å². The van der Waals surface area contributed by atoms with Crippen LogP contribution < -0.4 is 0 Å². The largest absolute Gasteiger partial charge is 0.382 e. The lowest BCUT2D eigenvalue weighted by Crippen LogP contribution is -2.12. The minimum absolute atomic E-state index is 0.0301. The number of aliphatic hydroxyl groups excluding tert-OH is 1. The number of rotatable bonds is 5. The van der Waals surface area contributed by atoms with Gasteiger partial charge in [0, 0.05) is 34.5 Å². The predicted molar refractivity (Wildman–Crippen MR) is 84.9 cm³/mol. The van der Waals surface area contributed by atoms with Crippen molar-refractivity contribution in [2.45, 2.75) is 19.1 Å². The van der Waals surface area contributed by atoms with Crippen LogP contribution in [0.4, 0.5) is 17.6 Å². The molecule has 2 atom stereocenters. The van der Waals surface area contributed by atoms with Gasteiger partial charge < -0.3 is 5.11 Å². The average Bonchev–Trinajstić information content (AvgIpc) is 2.52. The standard InChI is InChI=1S/C8H7F2NO3.C8H7F2NO2/c9-6-1-5(2-7(10)3-6)8(12)4-11(13)14;1-5(11(12)13)6-2-7(9)4-8(10)3-6/h1-3,8,12H,4H2;2-5H,1H3. The molecular weight excluding hydrogens is 376 g/mol. The molecule has 1 N–H and O–H groups in total. The van der Waals surface area contributed by atoms with Crippen LogP contribution in [0.15, 0.2) is 36.4 Å². The van der Waals surface area contributed by atoms with Gasteiger partial charge in [0.1, 0.15) is 29.4 Å². The molecule has 0 aliphatic carbocycles. The second kappa shape index (κ2) is 9.57. The van der Waals surface area contributed by atoms with Crippen LogP contribution in [-0.2, 0) is 0 Å². The summed E-state index contributed by atoms with van der Waals surface area (Å²) in [5.74, 6) is -3.35. The summed E-state index contributed by atoms with van der Waals surface area (Å²) in [5.41, 5.74) is -0.110. The Morgan fingerprint density at radius 2 is 1.22 bits per heavy atom. The topological polar surface area (TPSA) is 107 Å². The van der Waals surface area contributed by atoms with E-state index >= 15 is 0 Å². The quantitative estimate of drug-likeness (QED) is 0.477. The van der Waals surface area contributed by atoms with Gasteiger partial charge in [0.05, 0.1) is 0 Å². The van der Waals surface area contributed by atoms with Gasteiger partial charge >= 0.3 is 0 Å². The van der Waals surface area contributed by atoms with Crippen LogP contribution in [0.2, 0.25) is 0 Å². The Morgan fingerprint density at radius 1 is 0.852 bits per heavy atom. The van der Waals surface area contributed by atoms with Crippen LogP contribution in [0.25, 0.3) is 0 Å². The Hall–Kier alpha value is -3.08. The molecule has 0 radical (unpaired) electrons. The van der Waals surface area contributed by atoms with Gasteiger partial charge in [-0.2, -0.15) is 0 Å². The fourth-order valence-corrected chi connectivity index (χ4v) is 1.95. The lowest BCUT2D eigenvalue weighted by atomic mass is 10.1. The molecule has 0 aliphatic heterocycles. The Bertz CT molecular complexity index is 794. The summed E-state index contributed by atoms with van der Waals surface area (Å²) in [4.78, 5) is 18.9. The first-order chi connectivity index (χ1) is 12.5. The minimum Gasteiger partial charge on any atom is -0.382 e. The Labute approximate surface area is 150 Å². The molecule has 2 rings (SSSR count). The third-order valence-corrected chi connectivity index (χ3v) is 3.28. The van der Waals surface area contributed by atoms with Crippen molar-refractivity contribution in [3.8, 4) is 0 Å². The zero-order valence-electron chi connectivity index (χ0n) is 13.8. The van der Waals surface area contributed by atoms with Gasteiger partial charge in [0.25, 0.3) is 0 Å². The Kier molecular flexibility index (Phi) is 7.79. The summed E-state index contributed by atoms with van der Waals surface area (Å²) < 4.78 is 50.4. The van der Waals surface area contributed by atoms with E-state index in [0.717, 1.165) is 24.3 Å². The molecule has 0 saturated carbocycles. The molecule has 11 heteroatoms. The molecule has 0 saturated heterocycles. The van der Waals surface area contributed by atoms with Crippen LogP contribution in [0.3, 0.4) is 0 Å². The van der Waals surface area contributed by atoms with Gasteiger partial charge in [0.15, 0.2) is 0 Å². The van der Waals surface area contributed by atoms with E-state index < -0.39 is 51.8 Å². The van der Waals surface area contributed by atoms with Crippen LogP contribution in [0, 0.1) is 43.5 Å². The second-order valence-electron chi connectivity index (χ2n) is 5.40. The summed E-state index contributed by atoms with van der Waals surface area (Å²) in [6.45, 7) is 0.497. The van der Waals surface area contributed by atoms with Crippen LogP contribution >= 0.6 is 0 Å². The van der Waals surface area contributed by atoms with Crippen molar-refractivity contribution in [1.29, 1.82) is 0 Å². The highest BCUT2D eigenvalue weighted by Gasteiger charge is 2.17. The minimum atomic E-state index is -1.49. The first-order valence-corrected chi connectivity index (χ1v) is 7.35. The zero-order valence-corrected chi connectivity index (χ0v) is 13.8. The molecule has 2 aromatic rings. The Morgan fingerprint density at radius 3 is 1.56 bits per heavy atom. The van der Waals surface area contributed by atoms with Gasteiger partial charge in [-0.3, -0.25) is 20.2 Å². The third kappa shape index (κ3) is 7.36. The highest BCUT2D eigenvalue weighted by Crippen LogP contribution is 2.18. The third-order valence-electron chi connectivity index (χ3n) is 3.28. The highest BCUT2D eigenvalue weighted by molar-refractivity contribution is 5.20. The van der Waals surface area contributed by atoms with Crippen molar-refractivity contribution < 1.29 is 32.5 Å². The molecule has 0 aromatic heterocycles. The number of benzene rings is 2. The summed E-state index contributed by atoms with van der Waals surface area (Å²) >= 11 is 0. The number of nitro groups is 2. The predicted octanol–water partition coefficient (Wildman–Crippen LogP) is 3.58. The lowest BCUT2D eigenvalue weighted by molar-refractivity contribution is -0.524. The molecule has 146 valence electrons. The van der Waals surface area contributed by atoms with E-state index in [0.29, 0.717) is 12.1 Å². The number of halogens is 4. The molecular formula is C16H14F4N2O5. The molecule has 0 bridgehead atoms. The van der Waals surface area contributed by atoms with Crippen LogP contribution in [0.1, 0.15) is 30.2 Å². The zero-order chi connectivity index (χ0) is 20.7. The Balaban J connectivity index is 0.000000271. The normalized spacial score (nSPS) is 12.5. The molecule has 0 heterocycles. The summed E-state index contributed by atoms with van der Waals surface area (Å²) in [5, 5.41) is 29.5. The van der Waals surface area contributed by atoms with Crippen molar-refractivity contribution in [1.82, 2.24) is 0 Å². The molecule has 0 spiro atoms. The van der Waals surface area contributed by atoms with Crippen molar-refractivity contribution in [2.75, 3.05) is 6.54 Å². The van der Waals surface area contributed by atoms with Crippen molar-refractivity contribution in [3.63, 3.8) is 0 Å². The van der Waals surface area contributed by atoms with Gasteiger partial charge in [-0.1, -0.05) is 0 Å². The molecule has 2 unspecified atom stereocenters. The summed E-state index contributed by atoms with van der Waals surface area (Å²) in [7, 11) is 0. The van der Waals surface area contributed by atoms with Crippen molar-refractivity contribution in [2.24, 2.45) is 0 Å². The average molecular weight is 390 g/mol. The maximum Gasteiger partial charge on any atom is 0.235 e. The van der Waals surface area contributed by atoms with Crippen LogP contribution in [-0.4, -0.2) is 21.5 Å². The number of aliphatic hydroxyl groups is 1. The summed E-state index contributed by atoms with van der Waals surface area (Å²) in [6.07, 6.45) is -1.49.